The lowest BCUT2D eigenvalue weighted by Gasteiger charge is -2.30. The fraction of sp³-hybridized carbons (Fsp3) is 0.292. The Morgan fingerprint density at radius 2 is 1.61 bits per heavy atom. The number of nitrogens with one attached hydrogen (secondary N) is 1. The zero-order valence-electron chi connectivity index (χ0n) is 16.5. The third-order valence-electron chi connectivity index (χ3n) is 5.32. The molecule has 0 saturated heterocycles. The van der Waals surface area contributed by atoms with Gasteiger partial charge in [-0.25, -0.2) is 0 Å². The summed E-state index contributed by atoms with van der Waals surface area (Å²) in [6.45, 7) is -0.0659. The Hall–Kier alpha value is -2.69. The zero-order valence-corrected chi connectivity index (χ0v) is 16.5. The highest BCUT2D eigenvalue weighted by molar-refractivity contribution is 5.84. The first-order valence-electron chi connectivity index (χ1n) is 9.68. The van der Waals surface area contributed by atoms with Crippen LogP contribution in [0.25, 0.3) is 10.8 Å². The summed E-state index contributed by atoms with van der Waals surface area (Å²) in [6.07, 6.45) is 1.24. The van der Waals surface area contributed by atoms with E-state index in [1.54, 1.807) is 11.9 Å². The number of rotatable bonds is 8. The number of nitrogens with zero attached hydrogens (tertiary/aromatic N) is 1. The topological polar surface area (TPSA) is 52.6 Å². The number of benzene rings is 3. The van der Waals surface area contributed by atoms with E-state index < -0.39 is 0 Å². The maximum atomic E-state index is 13.1. The summed E-state index contributed by atoms with van der Waals surface area (Å²) < 4.78 is 0. The van der Waals surface area contributed by atoms with Crippen molar-refractivity contribution in [3.8, 4) is 0 Å². The smallest absolute Gasteiger partial charge is 0.240 e. The van der Waals surface area contributed by atoms with Crippen molar-refractivity contribution in [3.05, 3.63) is 83.9 Å². The van der Waals surface area contributed by atoms with Gasteiger partial charge >= 0.3 is 0 Å². The van der Waals surface area contributed by atoms with Crippen molar-refractivity contribution >= 4 is 16.7 Å². The van der Waals surface area contributed by atoms with Gasteiger partial charge in [-0.15, -0.1) is 0 Å². The van der Waals surface area contributed by atoms with Crippen LogP contribution in [0.2, 0.25) is 0 Å². The Kier molecular flexibility index (Phi) is 6.80. The van der Waals surface area contributed by atoms with Crippen LogP contribution in [0.4, 0.5) is 0 Å². The van der Waals surface area contributed by atoms with Crippen LogP contribution in [-0.2, 0) is 17.6 Å². The Balaban J connectivity index is 1.71. The number of hydrogen-bond acceptors (Lipinski definition) is 3. The van der Waals surface area contributed by atoms with Gasteiger partial charge in [-0.3, -0.25) is 4.79 Å². The van der Waals surface area contributed by atoms with Crippen LogP contribution >= 0.6 is 0 Å². The number of aliphatic hydroxyl groups excluding tert-OH is 1. The molecule has 0 fully saturated rings. The van der Waals surface area contributed by atoms with Crippen molar-refractivity contribution in [2.75, 3.05) is 20.7 Å². The normalized spacial score (nSPS) is 13.2. The second-order valence-electron chi connectivity index (χ2n) is 7.20. The van der Waals surface area contributed by atoms with Gasteiger partial charge in [0.05, 0.1) is 18.7 Å². The van der Waals surface area contributed by atoms with Crippen LogP contribution < -0.4 is 5.32 Å². The highest BCUT2D eigenvalue weighted by atomic mass is 16.3. The molecule has 4 heteroatoms. The molecule has 2 atom stereocenters. The number of carbonyl (C=O) groups is 1. The van der Waals surface area contributed by atoms with E-state index in [0.717, 1.165) is 11.1 Å². The minimum absolute atomic E-state index is 0.00867. The predicted molar refractivity (Wildman–Crippen MR) is 114 cm³/mol. The van der Waals surface area contributed by atoms with E-state index in [1.165, 1.54) is 10.8 Å². The predicted octanol–water partition coefficient (Wildman–Crippen LogP) is 3.03. The van der Waals surface area contributed by atoms with Crippen molar-refractivity contribution < 1.29 is 9.90 Å². The van der Waals surface area contributed by atoms with Crippen LogP contribution in [0, 0.1) is 0 Å². The molecule has 1 amide bonds. The van der Waals surface area contributed by atoms with E-state index in [1.807, 2.05) is 49.5 Å². The van der Waals surface area contributed by atoms with Crippen LogP contribution in [0.15, 0.2) is 72.8 Å². The molecule has 0 bridgehead atoms. The lowest BCUT2D eigenvalue weighted by molar-refractivity contribution is -0.134. The first kappa shape index (κ1) is 20.1. The molecule has 3 aromatic carbocycles. The van der Waals surface area contributed by atoms with Gasteiger partial charge in [0.25, 0.3) is 0 Å². The summed E-state index contributed by atoms with van der Waals surface area (Å²) in [6, 6.07) is 23.9. The Morgan fingerprint density at radius 3 is 2.29 bits per heavy atom. The molecule has 2 N–H and O–H groups in total. The quantitative estimate of drug-likeness (QED) is 0.635. The molecule has 0 unspecified atom stereocenters. The molecular formula is C24H28N2O2. The van der Waals surface area contributed by atoms with Crippen LogP contribution in [0.3, 0.4) is 0 Å². The molecule has 28 heavy (non-hydrogen) atoms. The molecule has 0 radical (unpaired) electrons. The Morgan fingerprint density at radius 1 is 0.929 bits per heavy atom. The first-order valence-corrected chi connectivity index (χ1v) is 9.68. The van der Waals surface area contributed by atoms with E-state index in [4.69, 9.17) is 0 Å². The number of amides is 1. The Labute approximate surface area is 166 Å². The standard InChI is InChI=1S/C24H28N2O2/c1-25-23(16-19-12-13-20-10-6-7-11-21(20)14-19)24(28)26(2)22(17-27)15-18-8-4-3-5-9-18/h3-14,22-23,25,27H,15-17H2,1-2H3/t22-,23-/m1/s1. The summed E-state index contributed by atoms with van der Waals surface area (Å²) >= 11 is 0. The molecule has 146 valence electrons. The largest absolute Gasteiger partial charge is 0.394 e. The minimum Gasteiger partial charge on any atom is -0.394 e. The molecule has 3 rings (SSSR count). The van der Waals surface area contributed by atoms with E-state index in [-0.39, 0.29) is 24.6 Å². The fourth-order valence-corrected chi connectivity index (χ4v) is 3.55. The van der Waals surface area contributed by atoms with Gasteiger partial charge in [0.1, 0.15) is 0 Å². The molecule has 0 aliphatic rings. The lowest BCUT2D eigenvalue weighted by atomic mass is 10.00. The highest BCUT2D eigenvalue weighted by Gasteiger charge is 2.26. The SMILES string of the molecule is CN[C@H](Cc1ccc2ccccc2c1)C(=O)N(C)[C@@H](CO)Cc1ccccc1. The average molecular weight is 377 g/mol. The summed E-state index contributed by atoms with van der Waals surface area (Å²) in [7, 11) is 3.58. The number of fused-ring (bicyclic) bond motifs is 1. The van der Waals surface area contributed by atoms with E-state index >= 15 is 0 Å². The van der Waals surface area contributed by atoms with Gasteiger partial charge in [0.2, 0.25) is 5.91 Å². The Bertz CT molecular complexity index is 911. The van der Waals surface area contributed by atoms with Gasteiger partial charge in [-0.05, 0) is 41.8 Å². The lowest BCUT2D eigenvalue weighted by Crippen LogP contribution is -2.50. The van der Waals surface area contributed by atoms with E-state index in [2.05, 4.69) is 35.6 Å². The number of likely N-dealkylation sites (N-methyl/N-ethyl adjacent to an activating group) is 2. The number of hydrogen-bond donors (Lipinski definition) is 2. The second kappa shape index (κ2) is 9.49. The summed E-state index contributed by atoms with van der Waals surface area (Å²) in [4.78, 5) is 14.8. The monoisotopic (exact) mass is 376 g/mol. The van der Waals surface area contributed by atoms with E-state index in [9.17, 15) is 9.90 Å². The molecule has 0 aromatic heterocycles. The highest BCUT2D eigenvalue weighted by Crippen LogP contribution is 2.17. The number of aliphatic hydroxyl groups is 1. The fourth-order valence-electron chi connectivity index (χ4n) is 3.55. The third-order valence-corrected chi connectivity index (χ3v) is 5.32. The van der Waals surface area contributed by atoms with Crippen molar-refractivity contribution in [1.82, 2.24) is 10.2 Å². The maximum Gasteiger partial charge on any atom is 0.240 e. The van der Waals surface area contributed by atoms with Crippen molar-refractivity contribution in [2.24, 2.45) is 0 Å². The molecular weight excluding hydrogens is 348 g/mol. The van der Waals surface area contributed by atoms with Gasteiger partial charge in [0.15, 0.2) is 0 Å². The van der Waals surface area contributed by atoms with Crippen molar-refractivity contribution in [2.45, 2.75) is 24.9 Å². The van der Waals surface area contributed by atoms with Gasteiger partial charge in [-0.2, -0.15) is 0 Å². The summed E-state index contributed by atoms with van der Waals surface area (Å²) in [5.41, 5.74) is 2.22. The molecule has 0 heterocycles. The first-order chi connectivity index (χ1) is 13.6. The van der Waals surface area contributed by atoms with Gasteiger partial charge < -0.3 is 15.3 Å². The van der Waals surface area contributed by atoms with Gasteiger partial charge in [-0.1, -0.05) is 72.8 Å². The molecule has 0 aliphatic carbocycles. The zero-order chi connectivity index (χ0) is 19.9. The maximum absolute atomic E-state index is 13.1. The van der Waals surface area contributed by atoms with Crippen molar-refractivity contribution in [1.29, 1.82) is 0 Å². The van der Waals surface area contributed by atoms with Crippen LogP contribution in [0.1, 0.15) is 11.1 Å². The molecule has 0 spiro atoms. The van der Waals surface area contributed by atoms with Crippen LogP contribution in [0.5, 0.6) is 0 Å². The molecule has 0 saturated carbocycles. The molecule has 4 nitrogen and oxygen atoms in total. The second-order valence-corrected chi connectivity index (χ2v) is 7.20. The summed E-state index contributed by atoms with van der Waals surface area (Å²) in [5, 5.41) is 15.4. The van der Waals surface area contributed by atoms with Crippen LogP contribution in [-0.4, -0.2) is 48.7 Å². The average Bonchev–Trinajstić information content (AvgIpc) is 2.75. The van der Waals surface area contributed by atoms with Gasteiger partial charge in [0, 0.05) is 7.05 Å². The van der Waals surface area contributed by atoms with E-state index in [0.29, 0.717) is 12.8 Å². The molecule has 0 aliphatic heterocycles. The number of carbonyl (C=O) groups excluding carboxylic acids is 1. The molecule has 3 aromatic rings. The third kappa shape index (κ3) is 4.77. The minimum atomic E-state index is -0.337. The van der Waals surface area contributed by atoms with Crippen molar-refractivity contribution in [3.63, 3.8) is 0 Å². The summed E-state index contributed by atoms with van der Waals surface area (Å²) in [5.74, 6) is -0.00867.